The van der Waals surface area contributed by atoms with Gasteiger partial charge >= 0.3 is 0 Å². The van der Waals surface area contributed by atoms with Gasteiger partial charge in [-0.15, -0.1) is 0 Å². The first-order valence-corrected chi connectivity index (χ1v) is 5.90. The smallest absolute Gasteiger partial charge is 0.141 e. The van der Waals surface area contributed by atoms with Crippen molar-refractivity contribution in [2.75, 3.05) is 14.2 Å². The molecule has 1 heterocycles. The summed E-state index contributed by atoms with van der Waals surface area (Å²) in [6.07, 6.45) is -0.617. The SMILES string of the molecule is COc1cc(OC)c2cc(C(O)C(C)C)oc2c1. The minimum Gasteiger partial charge on any atom is -0.496 e. The number of benzene rings is 1. The van der Waals surface area contributed by atoms with E-state index in [2.05, 4.69) is 0 Å². The molecule has 1 atom stereocenters. The summed E-state index contributed by atoms with van der Waals surface area (Å²) in [5, 5.41) is 10.9. The number of ether oxygens (including phenoxy) is 2. The second-order valence-electron chi connectivity index (χ2n) is 4.58. The lowest BCUT2D eigenvalue weighted by atomic mass is 10.1. The van der Waals surface area contributed by atoms with Crippen LogP contribution in [0.5, 0.6) is 11.5 Å². The van der Waals surface area contributed by atoms with Crippen LogP contribution in [0.25, 0.3) is 11.0 Å². The van der Waals surface area contributed by atoms with Crippen molar-refractivity contribution in [1.82, 2.24) is 0 Å². The van der Waals surface area contributed by atoms with Crippen molar-refractivity contribution in [2.45, 2.75) is 20.0 Å². The van der Waals surface area contributed by atoms with Crippen molar-refractivity contribution in [3.63, 3.8) is 0 Å². The fourth-order valence-electron chi connectivity index (χ4n) is 1.86. The zero-order valence-corrected chi connectivity index (χ0v) is 11.1. The van der Waals surface area contributed by atoms with E-state index in [4.69, 9.17) is 13.9 Å². The third-order valence-corrected chi connectivity index (χ3v) is 2.97. The molecule has 0 spiro atoms. The van der Waals surface area contributed by atoms with Crippen LogP contribution >= 0.6 is 0 Å². The van der Waals surface area contributed by atoms with E-state index in [0.29, 0.717) is 22.8 Å². The topological polar surface area (TPSA) is 51.8 Å². The Bertz CT molecular complexity index is 542. The monoisotopic (exact) mass is 250 g/mol. The summed E-state index contributed by atoms with van der Waals surface area (Å²) in [5.74, 6) is 1.99. The van der Waals surface area contributed by atoms with Crippen molar-refractivity contribution < 1.29 is 19.0 Å². The molecular formula is C14H18O4. The molecule has 0 saturated carbocycles. The third-order valence-electron chi connectivity index (χ3n) is 2.97. The Kier molecular flexibility index (Phi) is 3.48. The summed E-state index contributed by atoms with van der Waals surface area (Å²) in [5.41, 5.74) is 0.654. The van der Waals surface area contributed by atoms with Gasteiger partial charge < -0.3 is 19.0 Å². The molecule has 0 aliphatic heterocycles. The van der Waals surface area contributed by atoms with Gasteiger partial charge in [-0.25, -0.2) is 0 Å². The molecular weight excluding hydrogens is 232 g/mol. The average Bonchev–Trinajstić information content (AvgIpc) is 2.79. The van der Waals surface area contributed by atoms with E-state index in [1.54, 1.807) is 26.4 Å². The Balaban J connectivity index is 2.56. The Morgan fingerprint density at radius 3 is 2.39 bits per heavy atom. The summed E-state index contributed by atoms with van der Waals surface area (Å²) in [6.45, 7) is 3.88. The first-order valence-electron chi connectivity index (χ1n) is 5.90. The minimum absolute atomic E-state index is 0.0958. The molecule has 1 N–H and O–H groups in total. The zero-order chi connectivity index (χ0) is 13.3. The lowest BCUT2D eigenvalue weighted by Gasteiger charge is -2.10. The van der Waals surface area contributed by atoms with Crippen LogP contribution in [-0.4, -0.2) is 19.3 Å². The second-order valence-corrected chi connectivity index (χ2v) is 4.58. The molecule has 2 aromatic rings. The number of rotatable bonds is 4. The van der Waals surface area contributed by atoms with E-state index < -0.39 is 6.10 Å². The zero-order valence-electron chi connectivity index (χ0n) is 11.1. The molecule has 4 heteroatoms. The van der Waals surface area contributed by atoms with E-state index in [0.717, 1.165) is 5.39 Å². The Labute approximate surface area is 106 Å². The summed E-state index contributed by atoms with van der Waals surface area (Å²) < 4.78 is 16.1. The Hall–Kier alpha value is -1.68. The maximum absolute atomic E-state index is 10.0. The maximum Gasteiger partial charge on any atom is 0.141 e. The largest absolute Gasteiger partial charge is 0.496 e. The maximum atomic E-state index is 10.0. The number of aliphatic hydroxyl groups is 1. The number of aliphatic hydroxyl groups excluding tert-OH is 1. The van der Waals surface area contributed by atoms with Gasteiger partial charge in [0.15, 0.2) is 0 Å². The van der Waals surface area contributed by atoms with Crippen LogP contribution < -0.4 is 9.47 Å². The molecule has 0 amide bonds. The van der Waals surface area contributed by atoms with Crippen LogP contribution in [0.2, 0.25) is 0 Å². The van der Waals surface area contributed by atoms with Gasteiger partial charge in [-0.3, -0.25) is 0 Å². The fourth-order valence-corrected chi connectivity index (χ4v) is 1.86. The molecule has 0 radical (unpaired) electrons. The minimum atomic E-state index is -0.617. The standard InChI is InChI=1S/C14H18O4/c1-8(2)14(15)13-7-10-11(17-4)5-9(16-3)6-12(10)18-13/h5-8,14-15H,1-4H3. The molecule has 0 aliphatic rings. The van der Waals surface area contributed by atoms with Gasteiger partial charge in [0, 0.05) is 12.1 Å². The summed E-state index contributed by atoms with van der Waals surface area (Å²) in [7, 11) is 3.19. The molecule has 98 valence electrons. The predicted molar refractivity (Wildman–Crippen MR) is 69.1 cm³/mol. The molecule has 0 saturated heterocycles. The fraction of sp³-hybridized carbons (Fsp3) is 0.429. The van der Waals surface area contributed by atoms with Crippen LogP contribution in [-0.2, 0) is 0 Å². The van der Waals surface area contributed by atoms with Crippen LogP contribution in [0.15, 0.2) is 22.6 Å². The molecule has 1 aromatic carbocycles. The Morgan fingerprint density at radius 1 is 1.11 bits per heavy atom. The lowest BCUT2D eigenvalue weighted by Crippen LogP contribution is -2.03. The van der Waals surface area contributed by atoms with E-state index in [9.17, 15) is 5.11 Å². The van der Waals surface area contributed by atoms with Gasteiger partial charge in [0.25, 0.3) is 0 Å². The predicted octanol–water partition coefficient (Wildman–Crippen LogP) is 3.14. The van der Waals surface area contributed by atoms with Crippen molar-refractivity contribution in [3.05, 3.63) is 24.0 Å². The molecule has 0 aliphatic carbocycles. The van der Waals surface area contributed by atoms with Crippen molar-refractivity contribution in [1.29, 1.82) is 0 Å². The summed E-state index contributed by atoms with van der Waals surface area (Å²) in [6, 6.07) is 5.40. The molecule has 18 heavy (non-hydrogen) atoms. The van der Waals surface area contributed by atoms with Crippen LogP contribution in [0.3, 0.4) is 0 Å². The molecule has 0 fully saturated rings. The highest BCUT2D eigenvalue weighted by atomic mass is 16.5. The van der Waals surface area contributed by atoms with Crippen LogP contribution in [0.4, 0.5) is 0 Å². The van der Waals surface area contributed by atoms with Crippen LogP contribution in [0, 0.1) is 5.92 Å². The van der Waals surface area contributed by atoms with Gasteiger partial charge in [0.1, 0.15) is 28.9 Å². The normalized spacial score (nSPS) is 13.0. The van der Waals surface area contributed by atoms with Crippen molar-refractivity contribution in [2.24, 2.45) is 5.92 Å². The average molecular weight is 250 g/mol. The van der Waals surface area contributed by atoms with Crippen molar-refractivity contribution in [3.8, 4) is 11.5 Å². The van der Waals surface area contributed by atoms with Gasteiger partial charge in [0.2, 0.25) is 0 Å². The summed E-state index contributed by atoms with van der Waals surface area (Å²) in [4.78, 5) is 0. The first kappa shape index (κ1) is 12.8. The quantitative estimate of drug-likeness (QED) is 0.905. The highest BCUT2D eigenvalue weighted by Crippen LogP contribution is 2.36. The van der Waals surface area contributed by atoms with E-state index in [1.165, 1.54) is 0 Å². The Morgan fingerprint density at radius 2 is 1.83 bits per heavy atom. The second kappa shape index (κ2) is 4.90. The molecule has 0 bridgehead atoms. The van der Waals surface area contributed by atoms with E-state index >= 15 is 0 Å². The van der Waals surface area contributed by atoms with Gasteiger partial charge in [-0.05, 0) is 12.0 Å². The highest BCUT2D eigenvalue weighted by Gasteiger charge is 2.19. The van der Waals surface area contributed by atoms with Crippen molar-refractivity contribution >= 4 is 11.0 Å². The first-order chi connectivity index (χ1) is 8.56. The van der Waals surface area contributed by atoms with Gasteiger partial charge in [0.05, 0.1) is 19.6 Å². The van der Waals surface area contributed by atoms with Gasteiger partial charge in [-0.2, -0.15) is 0 Å². The molecule has 1 unspecified atom stereocenters. The third kappa shape index (κ3) is 2.16. The number of furan rings is 1. The number of hydrogen-bond acceptors (Lipinski definition) is 4. The molecule has 2 rings (SSSR count). The lowest BCUT2D eigenvalue weighted by molar-refractivity contribution is 0.104. The highest BCUT2D eigenvalue weighted by molar-refractivity contribution is 5.86. The van der Waals surface area contributed by atoms with Gasteiger partial charge in [-0.1, -0.05) is 13.8 Å². The van der Waals surface area contributed by atoms with E-state index in [-0.39, 0.29) is 5.92 Å². The molecule has 1 aromatic heterocycles. The van der Waals surface area contributed by atoms with Crippen LogP contribution in [0.1, 0.15) is 25.7 Å². The summed E-state index contributed by atoms with van der Waals surface area (Å²) >= 11 is 0. The molecule has 4 nitrogen and oxygen atoms in total. The number of hydrogen-bond donors (Lipinski definition) is 1. The number of fused-ring (bicyclic) bond motifs is 1. The number of methoxy groups -OCH3 is 2. The van der Waals surface area contributed by atoms with E-state index in [1.807, 2.05) is 19.9 Å².